The van der Waals surface area contributed by atoms with Gasteiger partial charge in [-0.1, -0.05) is 24.3 Å². The van der Waals surface area contributed by atoms with Crippen molar-refractivity contribution in [3.05, 3.63) is 42.0 Å². The second-order valence-corrected chi connectivity index (χ2v) is 7.73. The van der Waals surface area contributed by atoms with E-state index < -0.39 is 18.5 Å². The Hall–Kier alpha value is -3.16. The van der Waals surface area contributed by atoms with Crippen LogP contribution in [0.5, 0.6) is 0 Å². The second-order valence-electron chi connectivity index (χ2n) is 7.73. The monoisotopic (exact) mass is 413 g/mol. The summed E-state index contributed by atoms with van der Waals surface area (Å²) in [6.45, 7) is -0.0767. The highest BCUT2D eigenvalue weighted by Gasteiger charge is 2.46. The van der Waals surface area contributed by atoms with Gasteiger partial charge in [0.1, 0.15) is 0 Å². The van der Waals surface area contributed by atoms with Gasteiger partial charge in [0.25, 0.3) is 5.91 Å². The van der Waals surface area contributed by atoms with Crippen LogP contribution in [0.15, 0.2) is 36.4 Å². The van der Waals surface area contributed by atoms with Gasteiger partial charge in [0.2, 0.25) is 11.8 Å². The van der Waals surface area contributed by atoms with Crippen molar-refractivity contribution in [1.82, 2.24) is 10.2 Å². The summed E-state index contributed by atoms with van der Waals surface area (Å²) in [5.74, 6) is -2.09. The molecule has 1 saturated heterocycles. The minimum atomic E-state index is -0.617. The maximum absolute atomic E-state index is 12.4. The number of imide groups is 1. The van der Waals surface area contributed by atoms with E-state index in [2.05, 4.69) is 5.32 Å². The summed E-state index contributed by atoms with van der Waals surface area (Å²) < 4.78 is 4.97. The number of carbonyl (C=O) groups excluding carboxylic acids is 4. The number of carbonyl (C=O) groups is 4. The normalized spacial score (nSPS) is 20.1. The number of hydrogen-bond acceptors (Lipinski definition) is 6. The number of hydrogen-bond donors (Lipinski definition) is 1. The fourth-order valence-electron chi connectivity index (χ4n) is 3.67. The average Bonchev–Trinajstić information content (AvgIpc) is 2.99. The van der Waals surface area contributed by atoms with Crippen molar-refractivity contribution in [3.8, 4) is 0 Å². The highest BCUT2D eigenvalue weighted by molar-refractivity contribution is 6.05. The SMILES string of the molecule is CN(C)c1ccc(CNC(=O)COC(=O)CCN2C(=O)[C@H]3CC=CC[C@@H]3C2=O)cc1. The fourth-order valence-corrected chi connectivity index (χ4v) is 3.67. The van der Waals surface area contributed by atoms with Gasteiger partial charge in [0.15, 0.2) is 6.61 Å². The summed E-state index contributed by atoms with van der Waals surface area (Å²) in [7, 11) is 3.90. The molecule has 2 aliphatic rings. The number of esters is 1. The van der Waals surface area contributed by atoms with Gasteiger partial charge in [0, 0.05) is 32.9 Å². The molecule has 0 spiro atoms. The maximum atomic E-state index is 12.4. The lowest BCUT2D eigenvalue weighted by Gasteiger charge is -2.14. The van der Waals surface area contributed by atoms with Crippen LogP contribution in [0, 0.1) is 11.8 Å². The number of anilines is 1. The van der Waals surface area contributed by atoms with Gasteiger partial charge in [-0.15, -0.1) is 0 Å². The lowest BCUT2D eigenvalue weighted by molar-refractivity contribution is -0.150. The first-order valence-electron chi connectivity index (χ1n) is 10.1. The van der Waals surface area contributed by atoms with Crippen molar-refractivity contribution in [1.29, 1.82) is 0 Å². The van der Waals surface area contributed by atoms with Crippen molar-refractivity contribution in [2.24, 2.45) is 11.8 Å². The van der Waals surface area contributed by atoms with Gasteiger partial charge in [-0.2, -0.15) is 0 Å². The Morgan fingerprint density at radius 3 is 2.23 bits per heavy atom. The topological polar surface area (TPSA) is 96.0 Å². The molecule has 0 saturated carbocycles. The number of rotatable bonds is 8. The molecule has 3 amide bonds. The van der Waals surface area contributed by atoms with Gasteiger partial charge in [-0.05, 0) is 30.5 Å². The molecule has 0 radical (unpaired) electrons. The van der Waals surface area contributed by atoms with Gasteiger partial charge < -0.3 is 15.0 Å². The molecule has 1 fully saturated rings. The molecule has 1 aromatic carbocycles. The summed E-state index contributed by atoms with van der Waals surface area (Å²) in [5, 5.41) is 2.69. The highest BCUT2D eigenvalue weighted by atomic mass is 16.5. The zero-order chi connectivity index (χ0) is 21.7. The van der Waals surface area contributed by atoms with Crippen LogP contribution in [-0.2, 0) is 30.5 Å². The van der Waals surface area contributed by atoms with E-state index in [1.807, 2.05) is 55.4 Å². The molecule has 8 heteroatoms. The molecule has 1 aliphatic heterocycles. The minimum Gasteiger partial charge on any atom is -0.456 e. The molecule has 3 rings (SSSR count). The summed E-state index contributed by atoms with van der Waals surface area (Å²) in [5.41, 5.74) is 1.99. The molecule has 0 aromatic heterocycles. The smallest absolute Gasteiger partial charge is 0.308 e. The van der Waals surface area contributed by atoms with Crippen molar-refractivity contribution in [2.45, 2.75) is 25.8 Å². The van der Waals surface area contributed by atoms with Crippen molar-refractivity contribution >= 4 is 29.4 Å². The van der Waals surface area contributed by atoms with Crippen LogP contribution in [0.4, 0.5) is 5.69 Å². The van der Waals surface area contributed by atoms with Crippen molar-refractivity contribution in [2.75, 3.05) is 32.1 Å². The molecule has 0 bridgehead atoms. The van der Waals surface area contributed by atoms with E-state index in [1.54, 1.807) is 0 Å². The van der Waals surface area contributed by atoms with Crippen LogP contribution in [0.2, 0.25) is 0 Å². The van der Waals surface area contributed by atoms with Gasteiger partial charge in [-0.3, -0.25) is 24.1 Å². The Morgan fingerprint density at radius 1 is 1.07 bits per heavy atom. The van der Waals surface area contributed by atoms with Crippen molar-refractivity contribution < 1.29 is 23.9 Å². The van der Waals surface area contributed by atoms with Crippen LogP contribution in [0.25, 0.3) is 0 Å². The predicted molar refractivity (Wildman–Crippen MR) is 110 cm³/mol. The van der Waals surface area contributed by atoms with Crippen LogP contribution >= 0.6 is 0 Å². The maximum Gasteiger partial charge on any atom is 0.308 e. The van der Waals surface area contributed by atoms with Crippen LogP contribution < -0.4 is 10.2 Å². The third-order valence-corrected chi connectivity index (χ3v) is 5.45. The number of fused-ring (bicyclic) bond motifs is 1. The van der Waals surface area contributed by atoms with Gasteiger partial charge in [-0.25, -0.2) is 0 Å². The quantitative estimate of drug-likeness (QED) is 0.392. The molecule has 0 unspecified atom stereocenters. The molecule has 8 nitrogen and oxygen atoms in total. The van der Waals surface area contributed by atoms with E-state index in [-0.39, 0.29) is 36.6 Å². The first kappa shape index (κ1) is 21.5. The molecular formula is C22H27N3O5. The Bertz CT molecular complexity index is 821. The molecule has 1 N–H and O–H groups in total. The Balaban J connectivity index is 1.37. The first-order valence-corrected chi connectivity index (χ1v) is 10.1. The van der Waals surface area contributed by atoms with Crippen LogP contribution in [0.3, 0.4) is 0 Å². The van der Waals surface area contributed by atoms with Crippen LogP contribution in [0.1, 0.15) is 24.8 Å². The number of ether oxygens (including phenoxy) is 1. The van der Waals surface area contributed by atoms with Gasteiger partial charge in [0.05, 0.1) is 18.3 Å². The van der Waals surface area contributed by atoms with E-state index in [0.717, 1.165) is 16.2 Å². The lowest BCUT2D eigenvalue weighted by atomic mass is 9.85. The fraction of sp³-hybridized carbons (Fsp3) is 0.455. The Labute approximate surface area is 175 Å². The van der Waals surface area contributed by atoms with E-state index in [4.69, 9.17) is 4.74 Å². The molecular weight excluding hydrogens is 386 g/mol. The third kappa shape index (κ3) is 5.06. The van der Waals surface area contributed by atoms with E-state index in [0.29, 0.717) is 19.4 Å². The molecule has 1 aliphatic carbocycles. The van der Waals surface area contributed by atoms with Crippen LogP contribution in [-0.4, -0.2) is 55.8 Å². The number of amides is 3. The summed E-state index contributed by atoms with van der Waals surface area (Å²) >= 11 is 0. The zero-order valence-electron chi connectivity index (χ0n) is 17.3. The molecule has 2 atom stereocenters. The zero-order valence-corrected chi connectivity index (χ0v) is 17.3. The van der Waals surface area contributed by atoms with E-state index >= 15 is 0 Å². The molecule has 160 valence electrons. The highest BCUT2D eigenvalue weighted by Crippen LogP contribution is 2.34. The number of nitrogens with zero attached hydrogens (tertiary/aromatic N) is 2. The lowest BCUT2D eigenvalue weighted by Crippen LogP contribution is -2.34. The number of allylic oxidation sites excluding steroid dienone is 2. The van der Waals surface area contributed by atoms with E-state index in [9.17, 15) is 19.2 Å². The number of nitrogens with one attached hydrogen (secondary N) is 1. The second kappa shape index (κ2) is 9.56. The summed E-state index contributed by atoms with van der Waals surface area (Å²) in [6.07, 6.45) is 4.84. The van der Waals surface area contributed by atoms with E-state index in [1.165, 1.54) is 0 Å². The first-order chi connectivity index (χ1) is 14.4. The predicted octanol–water partition coefficient (Wildman–Crippen LogP) is 1.25. The Morgan fingerprint density at radius 2 is 1.67 bits per heavy atom. The van der Waals surface area contributed by atoms with Crippen molar-refractivity contribution in [3.63, 3.8) is 0 Å². The number of likely N-dealkylation sites (tertiary alicyclic amines) is 1. The summed E-state index contributed by atoms with van der Waals surface area (Å²) in [6, 6.07) is 7.74. The van der Waals surface area contributed by atoms with Gasteiger partial charge >= 0.3 is 5.97 Å². The number of benzene rings is 1. The molecule has 1 aromatic rings. The Kier molecular flexibility index (Phi) is 6.87. The molecule has 30 heavy (non-hydrogen) atoms. The molecule has 1 heterocycles. The standard InChI is InChI=1S/C22H27N3O5/c1-24(2)16-9-7-15(8-10-16)13-23-19(26)14-30-20(27)11-12-25-21(28)17-5-3-4-6-18(17)22(25)29/h3-4,7-10,17-18H,5-6,11-14H2,1-2H3,(H,23,26)/t17-,18-/m0/s1. The third-order valence-electron chi connectivity index (χ3n) is 5.45. The largest absolute Gasteiger partial charge is 0.456 e. The average molecular weight is 413 g/mol. The minimum absolute atomic E-state index is 0.0106. The summed E-state index contributed by atoms with van der Waals surface area (Å²) in [4.78, 5) is 51.7.